The summed E-state index contributed by atoms with van der Waals surface area (Å²) >= 11 is 0. The Morgan fingerprint density at radius 3 is 2.33 bits per heavy atom. The SMILES string of the molecule is CC(=O)C(C)CCCC(C)(C)O. The van der Waals surface area contributed by atoms with Gasteiger partial charge in [0.2, 0.25) is 0 Å². The molecule has 0 aliphatic rings. The van der Waals surface area contributed by atoms with E-state index in [0.29, 0.717) is 0 Å². The maximum atomic E-state index is 10.8. The molecule has 0 saturated carbocycles. The van der Waals surface area contributed by atoms with E-state index in [1.165, 1.54) is 0 Å². The van der Waals surface area contributed by atoms with Crippen LogP contribution >= 0.6 is 0 Å². The topological polar surface area (TPSA) is 37.3 Å². The van der Waals surface area contributed by atoms with Gasteiger partial charge in [-0.25, -0.2) is 0 Å². The smallest absolute Gasteiger partial charge is 0.132 e. The quantitative estimate of drug-likeness (QED) is 0.690. The number of ketones is 1. The number of carbonyl (C=O) groups excluding carboxylic acids is 1. The summed E-state index contributed by atoms with van der Waals surface area (Å²) in [7, 11) is 0. The van der Waals surface area contributed by atoms with Crippen molar-refractivity contribution in [3.05, 3.63) is 0 Å². The van der Waals surface area contributed by atoms with E-state index in [-0.39, 0.29) is 11.7 Å². The second-order valence-corrected chi connectivity index (χ2v) is 4.22. The molecule has 0 aromatic rings. The molecule has 1 unspecified atom stereocenters. The normalized spacial score (nSPS) is 14.4. The average Bonchev–Trinajstić information content (AvgIpc) is 1.84. The first kappa shape index (κ1) is 11.6. The Kier molecular flexibility index (Phi) is 4.46. The minimum absolute atomic E-state index is 0.146. The summed E-state index contributed by atoms with van der Waals surface area (Å²) in [6.45, 7) is 7.15. The summed E-state index contributed by atoms with van der Waals surface area (Å²) in [6, 6.07) is 0. The summed E-state index contributed by atoms with van der Waals surface area (Å²) in [6.07, 6.45) is 2.58. The maximum Gasteiger partial charge on any atom is 0.132 e. The van der Waals surface area contributed by atoms with Crippen LogP contribution in [-0.2, 0) is 4.79 Å². The van der Waals surface area contributed by atoms with Gasteiger partial charge in [-0.2, -0.15) is 0 Å². The average molecular weight is 172 g/mol. The molecule has 0 aromatic carbocycles. The Morgan fingerprint density at radius 2 is 2.00 bits per heavy atom. The van der Waals surface area contributed by atoms with Crippen LogP contribution in [0.3, 0.4) is 0 Å². The van der Waals surface area contributed by atoms with Gasteiger partial charge in [0, 0.05) is 5.92 Å². The molecule has 0 fully saturated rings. The lowest BCUT2D eigenvalue weighted by molar-refractivity contribution is -0.120. The largest absolute Gasteiger partial charge is 0.390 e. The first-order valence-corrected chi connectivity index (χ1v) is 4.56. The van der Waals surface area contributed by atoms with Crippen LogP contribution in [0.1, 0.15) is 47.0 Å². The molecule has 0 amide bonds. The highest BCUT2D eigenvalue weighted by molar-refractivity contribution is 5.77. The van der Waals surface area contributed by atoms with Crippen LogP contribution in [0, 0.1) is 5.92 Å². The van der Waals surface area contributed by atoms with E-state index >= 15 is 0 Å². The third kappa shape index (κ3) is 6.35. The van der Waals surface area contributed by atoms with E-state index in [4.69, 9.17) is 0 Å². The molecular formula is C10H20O2. The second kappa shape index (κ2) is 4.61. The van der Waals surface area contributed by atoms with E-state index in [1.807, 2.05) is 6.92 Å². The number of carbonyl (C=O) groups is 1. The van der Waals surface area contributed by atoms with Gasteiger partial charge in [-0.05, 0) is 40.0 Å². The fourth-order valence-electron chi connectivity index (χ4n) is 1.04. The van der Waals surface area contributed by atoms with Crippen LogP contribution in [0.5, 0.6) is 0 Å². The molecular weight excluding hydrogens is 152 g/mol. The van der Waals surface area contributed by atoms with Gasteiger partial charge in [0.05, 0.1) is 5.60 Å². The lowest BCUT2D eigenvalue weighted by Gasteiger charge is -2.17. The third-order valence-corrected chi connectivity index (χ3v) is 2.12. The second-order valence-electron chi connectivity index (χ2n) is 4.22. The summed E-state index contributed by atoms with van der Waals surface area (Å²) < 4.78 is 0. The minimum atomic E-state index is -0.587. The number of Topliss-reactive ketones (excluding diaryl/α,β-unsaturated/α-hetero) is 1. The number of hydrogen-bond acceptors (Lipinski definition) is 2. The highest BCUT2D eigenvalue weighted by Crippen LogP contribution is 2.15. The molecule has 0 rings (SSSR count). The van der Waals surface area contributed by atoms with Gasteiger partial charge in [0.25, 0.3) is 0 Å². The van der Waals surface area contributed by atoms with Crippen molar-refractivity contribution in [2.75, 3.05) is 0 Å². The molecule has 0 saturated heterocycles. The van der Waals surface area contributed by atoms with Gasteiger partial charge < -0.3 is 5.11 Å². The van der Waals surface area contributed by atoms with E-state index in [9.17, 15) is 9.90 Å². The Bertz CT molecular complexity index is 144. The zero-order valence-electron chi connectivity index (χ0n) is 8.55. The standard InChI is InChI=1S/C10H20O2/c1-8(9(2)11)6-5-7-10(3,4)12/h8,12H,5-7H2,1-4H3. The number of aliphatic hydroxyl groups is 1. The molecule has 1 atom stereocenters. The third-order valence-electron chi connectivity index (χ3n) is 2.12. The highest BCUT2D eigenvalue weighted by Gasteiger charge is 2.13. The molecule has 2 heteroatoms. The van der Waals surface area contributed by atoms with E-state index < -0.39 is 5.60 Å². The number of rotatable bonds is 5. The summed E-state index contributed by atoms with van der Waals surface area (Å²) in [5.74, 6) is 0.387. The van der Waals surface area contributed by atoms with Crippen LogP contribution in [0.4, 0.5) is 0 Å². The molecule has 0 spiro atoms. The first-order chi connectivity index (χ1) is 5.33. The fraction of sp³-hybridized carbons (Fsp3) is 0.900. The zero-order chi connectivity index (χ0) is 9.78. The Balaban J connectivity index is 3.51. The van der Waals surface area contributed by atoms with Gasteiger partial charge in [0.15, 0.2) is 0 Å². The monoisotopic (exact) mass is 172 g/mol. The van der Waals surface area contributed by atoms with E-state index in [0.717, 1.165) is 19.3 Å². The molecule has 0 radical (unpaired) electrons. The van der Waals surface area contributed by atoms with Crippen molar-refractivity contribution in [1.82, 2.24) is 0 Å². The predicted octanol–water partition coefficient (Wildman–Crippen LogP) is 2.15. The Morgan fingerprint density at radius 1 is 1.50 bits per heavy atom. The predicted molar refractivity (Wildman–Crippen MR) is 50.0 cm³/mol. The van der Waals surface area contributed by atoms with Crippen molar-refractivity contribution >= 4 is 5.78 Å². The first-order valence-electron chi connectivity index (χ1n) is 4.56. The lowest BCUT2D eigenvalue weighted by atomic mass is 9.95. The van der Waals surface area contributed by atoms with Crippen molar-refractivity contribution in [1.29, 1.82) is 0 Å². The summed E-state index contributed by atoms with van der Waals surface area (Å²) in [5.41, 5.74) is -0.587. The Hall–Kier alpha value is -0.370. The Labute approximate surface area is 75.0 Å². The van der Waals surface area contributed by atoms with Gasteiger partial charge >= 0.3 is 0 Å². The van der Waals surface area contributed by atoms with E-state index in [2.05, 4.69) is 0 Å². The molecule has 12 heavy (non-hydrogen) atoms. The summed E-state index contributed by atoms with van der Waals surface area (Å²) in [4.78, 5) is 10.8. The molecule has 0 aliphatic heterocycles. The molecule has 0 bridgehead atoms. The van der Waals surface area contributed by atoms with Crippen molar-refractivity contribution in [3.8, 4) is 0 Å². The number of hydrogen-bond donors (Lipinski definition) is 1. The van der Waals surface area contributed by atoms with Crippen LogP contribution in [-0.4, -0.2) is 16.5 Å². The molecule has 0 heterocycles. The van der Waals surface area contributed by atoms with Crippen molar-refractivity contribution in [2.45, 2.75) is 52.6 Å². The maximum absolute atomic E-state index is 10.8. The molecule has 72 valence electrons. The van der Waals surface area contributed by atoms with Crippen LogP contribution in [0.2, 0.25) is 0 Å². The van der Waals surface area contributed by atoms with Crippen LogP contribution in [0.25, 0.3) is 0 Å². The van der Waals surface area contributed by atoms with E-state index in [1.54, 1.807) is 20.8 Å². The van der Waals surface area contributed by atoms with Gasteiger partial charge in [0.1, 0.15) is 5.78 Å². The van der Waals surface area contributed by atoms with Crippen molar-refractivity contribution < 1.29 is 9.90 Å². The minimum Gasteiger partial charge on any atom is -0.390 e. The molecule has 0 aliphatic carbocycles. The molecule has 0 aromatic heterocycles. The van der Waals surface area contributed by atoms with Gasteiger partial charge in [-0.15, -0.1) is 0 Å². The van der Waals surface area contributed by atoms with Crippen LogP contribution in [0.15, 0.2) is 0 Å². The van der Waals surface area contributed by atoms with Crippen molar-refractivity contribution in [2.24, 2.45) is 5.92 Å². The van der Waals surface area contributed by atoms with Crippen molar-refractivity contribution in [3.63, 3.8) is 0 Å². The van der Waals surface area contributed by atoms with Gasteiger partial charge in [-0.1, -0.05) is 6.92 Å². The highest BCUT2D eigenvalue weighted by atomic mass is 16.3. The zero-order valence-corrected chi connectivity index (χ0v) is 8.55. The summed E-state index contributed by atoms with van der Waals surface area (Å²) in [5, 5.41) is 9.38. The van der Waals surface area contributed by atoms with Gasteiger partial charge in [-0.3, -0.25) is 4.79 Å². The van der Waals surface area contributed by atoms with Crippen LogP contribution < -0.4 is 0 Å². The molecule has 1 N–H and O–H groups in total. The molecule has 2 nitrogen and oxygen atoms in total. The fourth-order valence-corrected chi connectivity index (χ4v) is 1.04. The lowest BCUT2D eigenvalue weighted by Crippen LogP contribution is -2.18.